The largest absolute Gasteiger partial charge is 0.434 e. The molecule has 8 heteroatoms. The Morgan fingerprint density at radius 3 is 2.42 bits per heavy atom. The molecule has 2 aliphatic heterocycles. The van der Waals surface area contributed by atoms with Crippen LogP contribution in [0.5, 0.6) is 0 Å². The Balaban J connectivity index is 1.43. The van der Waals surface area contributed by atoms with Gasteiger partial charge < -0.3 is 14.6 Å². The van der Waals surface area contributed by atoms with E-state index < -0.39 is 18.0 Å². The quantitative estimate of drug-likeness (QED) is 0.754. The summed E-state index contributed by atoms with van der Waals surface area (Å²) < 4.78 is 0. The standard InChI is InChI=1S/C18H22ClN3O4/c1-20-12-16(23)22(17(20)24)26-18(25)21-10-8-14(9-11-21)3-2-13-4-6-15(19)7-5-13/h4-7,14H,2-3,8-12H2,1H3. The number of likely N-dealkylation sites (N-methyl/N-ethyl adjacent to an activating group) is 1. The number of urea groups is 1. The van der Waals surface area contributed by atoms with Gasteiger partial charge >= 0.3 is 12.1 Å². The van der Waals surface area contributed by atoms with Crippen LogP contribution in [0.2, 0.25) is 5.02 Å². The molecule has 2 heterocycles. The van der Waals surface area contributed by atoms with Crippen molar-refractivity contribution in [2.24, 2.45) is 5.92 Å². The van der Waals surface area contributed by atoms with Gasteiger partial charge in [-0.2, -0.15) is 0 Å². The molecular formula is C18H22ClN3O4. The Morgan fingerprint density at radius 1 is 1.19 bits per heavy atom. The fraction of sp³-hybridized carbons (Fsp3) is 0.500. The van der Waals surface area contributed by atoms with Crippen molar-refractivity contribution in [3.8, 4) is 0 Å². The second-order valence-corrected chi connectivity index (χ2v) is 7.22. The molecule has 7 nitrogen and oxygen atoms in total. The van der Waals surface area contributed by atoms with E-state index in [0.717, 1.165) is 30.7 Å². The number of carbonyl (C=O) groups excluding carboxylic acids is 3. The number of piperidine rings is 1. The molecule has 2 aliphatic rings. The van der Waals surface area contributed by atoms with E-state index in [2.05, 4.69) is 0 Å². The Labute approximate surface area is 157 Å². The Kier molecular flexibility index (Phi) is 5.66. The molecule has 0 unspecified atom stereocenters. The molecule has 0 radical (unpaired) electrons. The van der Waals surface area contributed by atoms with Gasteiger partial charge in [0.2, 0.25) is 0 Å². The smallest absolute Gasteiger partial charge is 0.315 e. The number of likely N-dealkylation sites (tertiary alicyclic amines) is 1. The van der Waals surface area contributed by atoms with Crippen LogP contribution in [0.4, 0.5) is 9.59 Å². The van der Waals surface area contributed by atoms with Crippen LogP contribution in [0.25, 0.3) is 0 Å². The van der Waals surface area contributed by atoms with Gasteiger partial charge in [0.1, 0.15) is 6.54 Å². The summed E-state index contributed by atoms with van der Waals surface area (Å²) in [5.74, 6) is 0.0135. The molecule has 26 heavy (non-hydrogen) atoms. The molecule has 0 aromatic heterocycles. The van der Waals surface area contributed by atoms with Crippen LogP contribution in [0.15, 0.2) is 24.3 Å². The zero-order valence-corrected chi connectivity index (χ0v) is 15.4. The first-order valence-corrected chi connectivity index (χ1v) is 9.11. The second kappa shape index (κ2) is 7.95. The van der Waals surface area contributed by atoms with Crippen LogP contribution in [0.1, 0.15) is 24.8 Å². The van der Waals surface area contributed by atoms with E-state index in [1.165, 1.54) is 17.5 Å². The lowest BCUT2D eigenvalue weighted by molar-refractivity contribution is -0.149. The van der Waals surface area contributed by atoms with Crippen LogP contribution < -0.4 is 0 Å². The summed E-state index contributed by atoms with van der Waals surface area (Å²) in [5, 5.41) is 1.29. The first-order chi connectivity index (χ1) is 12.4. The zero-order chi connectivity index (χ0) is 18.7. The molecule has 140 valence electrons. The van der Waals surface area contributed by atoms with Crippen molar-refractivity contribution in [3.05, 3.63) is 34.9 Å². The molecule has 3 rings (SSSR count). The molecule has 1 aromatic rings. The number of hydrogen-bond acceptors (Lipinski definition) is 4. The summed E-state index contributed by atoms with van der Waals surface area (Å²) in [7, 11) is 1.49. The van der Waals surface area contributed by atoms with Crippen molar-refractivity contribution < 1.29 is 19.2 Å². The second-order valence-electron chi connectivity index (χ2n) is 6.78. The van der Waals surface area contributed by atoms with E-state index in [-0.39, 0.29) is 6.54 Å². The monoisotopic (exact) mass is 379 g/mol. The number of nitrogens with zero attached hydrogens (tertiary/aromatic N) is 3. The van der Waals surface area contributed by atoms with Gasteiger partial charge in [-0.25, -0.2) is 9.59 Å². The SMILES string of the molecule is CN1CC(=O)N(OC(=O)N2CCC(CCc3ccc(Cl)cc3)CC2)C1=O. The highest BCUT2D eigenvalue weighted by atomic mass is 35.5. The third-order valence-electron chi connectivity index (χ3n) is 4.90. The lowest BCUT2D eigenvalue weighted by Crippen LogP contribution is -2.43. The average molecular weight is 380 g/mol. The first-order valence-electron chi connectivity index (χ1n) is 8.73. The van der Waals surface area contributed by atoms with E-state index in [1.54, 1.807) is 4.90 Å². The fourth-order valence-corrected chi connectivity index (χ4v) is 3.37. The van der Waals surface area contributed by atoms with Gasteiger partial charge in [-0.15, -0.1) is 0 Å². The van der Waals surface area contributed by atoms with Gasteiger partial charge in [0, 0.05) is 25.2 Å². The Hall–Kier alpha value is -2.28. The maximum absolute atomic E-state index is 12.2. The molecule has 1 aromatic carbocycles. The predicted octanol–water partition coefficient (Wildman–Crippen LogP) is 2.93. The Morgan fingerprint density at radius 2 is 1.85 bits per heavy atom. The van der Waals surface area contributed by atoms with Crippen molar-refractivity contribution in [3.63, 3.8) is 0 Å². The number of hydrogen-bond donors (Lipinski definition) is 0. The molecule has 0 bridgehead atoms. The van der Waals surface area contributed by atoms with Crippen molar-refractivity contribution in [1.29, 1.82) is 0 Å². The van der Waals surface area contributed by atoms with E-state index in [9.17, 15) is 14.4 Å². The fourth-order valence-electron chi connectivity index (χ4n) is 3.25. The number of hydroxylamine groups is 2. The number of halogens is 1. The molecule has 2 saturated heterocycles. The third-order valence-corrected chi connectivity index (χ3v) is 5.15. The summed E-state index contributed by atoms with van der Waals surface area (Å²) in [6.07, 6.45) is 3.15. The van der Waals surface area contributed by atoms with Crippen LogP contribution in [0, 0.1) is 5.92 Å². The highest BCUT2D eigenvalue weighted by molar-refractivity contribution is 6.30. The maximum Gasteiger partial charge on any atom is 0.434 e. The van der Waals surface area contributed by atoms with Crippen LogP contribution in [0.3, 0.4) is 0 Å². The normalized spacial score (nSPS) is 18.6. The third kappa shape index (κ3) is 4.27. The maximum atomic E-state index is 12.2. The molecule has 0 N–H and O–H groups in total. The Bertz CT molecular complexity index is 686. The van der Waals surface area contributed by atoms with Crippen molar-refractivity contribution in [1.82, 2.24) is 14.9 Å². The molecule has 0 saturated carbocycles. The van der Waals surface area contributed by atoms with Crippen LogP contribution >= 0.6 is 11.6 Å². The van der Waals surface area contributed by atoms with Crippen molar-refractivity contribution >= 4 is 29.6 Å². The first kappa shape index (κ1) is 18.5. The number of benzene rings is 1. The minimum atomic E-state index is -0.641. The van der Waals surface area contributed by atoms with E-state index in [1.807, 2.05) is 24.3 Å². The van der Waals surface area contributed by atoms with Gasteiger partial charge in [-0.05, 0) is 49.3 Å². The van der Waals surface area contributed by atoms with Crippen molar-refractivity contribution in [2.45, 2.75) is 25.7 Å². The van der Waals surface area contributed by atoms with E-state index in [4.69, 9.17) is 16.4 Å². The highest BCUT2D eigenvalue weighted by Crippen LogP contribution is 2.24. The minimum Gasteiger partial charge on any atom is -0.315 e. The molecule has 0 spiro atoms. The number of amides is 4. The summed E-state index contributed by atoms with van der Waals surface area (Å²) in [4.78, 5) is 43.4. The highest BCUT2D eigenvalue weighted by Gasteiger charge is 2.38. The number of rotatable bonds is 4. The summed E-state index contributed by atoms with van der Waals surface area (Å²) in [6.45, 7) is 1.06. The summed E-state index contributed by atoms with van der Waals surface area (Å²) in [6, 6.07) is 7.26. The van der Waals surface area contributed by atoms with Gasteiger partial charge in [0.15, 0.2) is 0 Å². The van der Waals surface area contributed by atoms with Crippen molar-refractivity contribution in [2.75, 3.05) is 26.7 Å². The summed E-state index contributed by atoms with van der Waals surface area (Å²) >= 11 is 5.90. The topological polar surface area (TPSA) is 70.2 Å². The zero-order valence-electron chi connectivity index (χ0n) is 14.7. The summed E-state index contributed by atoms with van der Waals surface area (Å²) in [5.41, 5.74) is 1.26. The average Bonchev–Trinajstić information content (AvgIpc) is 2.88. The van der Waals surface area contributed by atoms with Gasteiger partial charge in [0.05, 0.1) is 0 Å². The number of imide groups is 1. The molecule has 0 aliphatic carbocycles. The number of carbonyl (C=O) groups is 3. The van der Waals surface area contributed by atoms with Gasteiger partial charge in [-0.3, -0.25) is 4.79 Å². The van der Waals surface area contributed by atoms with E-state index >= 15 is 0 Å². The minimum absolute atomic E-state index is 0.0706. The van der Waals surface area contributed by atoms with Gasteiger partial charge in [0.25, 0.3) is 5.91 Å². The van der Waals surface area contributed by atoms with Gasteiger partial charge in [-0.1, -0.05) is 28.8 Å². The van der Waals surface area contributed by atoms with Crippen LogP contribution in [-0.4, -0.2) is 59.6 Å². The van der Waals surface area contributed by atoms with E-state index in [0.29, 0.717) is 24.1 Å². The van der Waals surface area contributed by atoms with Crippen LogP contribution in [-0.2, 0) is 16.1 Å². The molecular weight excluding hydrogens is 358 g/mol. The lowest BCUT2D eigenvalue weighted by Gasteiger charge is -2.31. The molecule has 0 atom stereocenters. The number of aryl methyl sites for hydroxylation is 1. The molecule has 4 amide bonds. The predicted molar refractivity (Wildman–Crippen MR) is 95.4 cm³/mol. The lowest BCUT2D eigenvalue weighted by atomic mass is 9.91. The molecule has 2 fully saturated rings.